The first kappa shape index (κ1) is 16.3. The van der Waals surface area contributed by atoms with Crippen molar-refractivity contribution in [1.29, 1.82) is 0 Å². The van der Waals surface area contributed by atoms with E-state index in [0.717, 1.165) is 25.7 Å². The van der Waals surface area contributed by atoms with Crippen LogP contribution in [0.4, 0.5) is 0 Å². The molecule has 0 aromatic rings. The summed E-state index contributed by atoms with van der Waals surface area (Å²) in [6.45, 7) is 0.383. The third-order valence-electron chi connectivity index (χ3n) is 4.29. The molecule has 1 N–H and O–H groups in total. The van der Waals surface area contributed by atoms with Gasteiger partial charge in [0.25, 0.3) is 0 Å². The molecule has 0 radical (unpaired) electrons. The van der Waals surface area contributed by atoms with Crippen molar-refractivity contribution in [3.05, 3.63) is 0 Å². The van der Waals surface area contributed by atoms with Crippen LogP contribution in [-0.4, -0.2) is 56.3 Å². The van der Waals surface area contributed by atoms with Gasteiger partial charge in [-0.2, -0.15) is 0 Å². The van der Waals surface area contributed by atoms with E-state index in [2.05, 4.69) is 5.32 Å². The largest absolute Gasteiger partial charge is 0.342 e. The predicted octanol–water partition coefficient (Wildman–Crippen LogP) is 0.328. The van der Waals surface area contributed by atoms with E-state index >= 15 is 0 Å². The first-order valence-electron chi connectivity index (χ1n) is 7.63. The highest BCUT2D eigenvalue weighted by atomic mass is 32.2. The number of sulfone groups is 1. The van der Waals surface area contributed by atoms with Gasteiger partial charge < -0.3 is 10.2 Å². The highest BCUT2D eigenvalue weighted by molar-refractivity contribution is 7.90. The van der Waals surface area contributed by atoms with Gasteiger partial charge in [-0.3, -0.25) is 9.59 Å². The van der Waals surface area contributed by atoms with Crippen LogP contribution in [0.1, 0.15) is 38.5 Å². The van der Waals surface area contributed by atoms with Crippen molar-refractivity contribution in [2.45, 2.75) is 44.6 Å². The lowest BCUT2D eigenvalue weighted by Crippen LogP contribution is -2.60. The second-order valence-corrected chi connectivity index (χ2v) is 8.45. The summed E-state index contributed by atoms with van der Waals surface area (Å²) < 4.78 is 22.3. The molecular formula is C14H24N2O4S. The first-order chi connectivity index (χ1) is 9.87. The van der Waals surface area contributed by atoms with Crippen LogP contribution < -0.4 is 5.32 Å². The van der Waals surface area contributed by atoms with Gasteiger partial charge in [-0.05, 0) is 25.2 Å². The van der Waals surface area contributed by atoms with E-state index in [1.165, 1.54) is 17.6 Å². The molecule has 1 saturated carbocycles. The Morgan fingerprint density at radius 2 is 1.86 bits per heavy atom. The quantitative estimate of drug-likeness (QED) is 0.792. The van der Waals surface area contributed by atoms with E-state index < -0.39 is 15.9 Å². The van der Waals surface area contributed by atoms with E-state index in [-0.39, 0.29) is 30.0 Å². The third-order valence-corrected chi connectivity index (χ3v) is 5.32. The van der Waals surface area contributed by atoms with Crippen molar-refractivity contribution >= 4 is 21.7 Å². The first-order valence-corrected chi connectivity index (χ1v) is 9.69. The maximum absolute atomic E-state index is 12.5. The van der Waals surface area contributed by atoms with E-state index in [4.69, 9.17) is 0 Å². The average molecular weight is 316 g/mol. The van der Waals surface area contributed by atoms with Crippen LogP contribution >= 0.6 is 0 Å². The van der Waals surface area contributed by atoms with Crippen LogP contribution in [0.2, 0.25) is 0 Å². The summed E-state index contributed by atoms with van der Waals surface area (Å²) in [6.07, 6.45) is 6.94. The molecule has 0 aromatic heterocycles. The summed E-state index contributed by atoms with van der Waals surface area (Å²) in [5.74, 6) is 0.0967. The van der Waals surface area contributed by atoms with Gasteiger partial charge >= 0.3 is 0 Å². The fourth-order valence-corrected chi connectivity index (χ4v) is 3.88. The number of hydrogen-bond donors (Lipinski definition) is 1. The van der Waals surface area contributed by atoms with Gasteiger partial charge in [-0.15, -0.1) is 0 Å². The van der Waals surface area contributed by atoms with Gasteiger partial charge in [0, 0.05) is 12.8 Å². The molecule has 21 heavy (non-hydrogen) atoms. The second kappa shape index (κ2) is 6.77. The molecule has 1 saturated heterocycles. The zero-order valence-electron chi connectivity index (χ0n) is 12.5. The monoisotopic (exact) mass is 316 g/mol. The minimum Gasteiger partial charge on any atom is -0.342 e. The average Bonchev–Trinajstić information content (AvgIpc) is 2.42. The molecule has 1 unspecified atom stereocenters. The van der Waals surface area contributed by atoms with Gasteiger partial charge in [0.2, 0.25) is 11.8 Å². The highest BCUT2D eigenvalue weighted by Crippen LogP contribution is 2.28. The molecule has 1 heterocycles. The highest BCUT2D eigenvalue weighted by Gasteiger charge is 2.37. The zero-order chi connectivity index (χ0) is 15.5. The van der Waals surface area contributed by atoms with Gasteiger partial charge in [-0.25, -0.2) is 8.42 Å². The molecule has 2 fully saturated rings. The lowest BCUT2D eigenvalue weighted by molar-refractivity contribution is -0.146. The Hall–Kier alpha value is -1.11. The van der Waals surface area contributed by atoms with Crippen molar-refractivity contribution in [2.24, 2.45) is 5.92 Å². The minimum atomic E-state index is -3.03. The van der Waals surface area contributed by atoms with Gasteiger partial charge in [0.05, 0.1) is 12.3 Å². The predicted molar refractivity (Wildman–Crippen MR) is 79.4 cm³/mol. The fourth-order valence-electron chi connectivity index (χ4n) is 3.22. The van der Waals surface area contributed by atoms with E-state index in [9.17, 15) is 18.0 Å². The van der Waals surface area contributed by atoms with Crippen LogP contribution in [0.15, 0.2) is 0 Å². The van der Waals surface area contributed by atoms with E-state index in [1.54, 1.807) is 0 Å². The number of nitrogens with one attached hydrogen (secondary N) is 1. The summed E-state index contributed by atoms with van der Waals surface area (Å²) in [6, 6.07) is -0.412. The number of hydrogen-bond acceptors (Lipinski definition) is 4. The normalized spacial score (nSPS) is 25.0. The molecule has 0 spiro atoms. The smallest absolute Gasteiger partial charge is 0.245 e. The SMILES string of the molecule is CS(=O)(=O)CCCN1CC(=O)NC(C2CCCCC2)C1=O. The minimum absolute atomic E-state index is 0.0463. The number of carbonyl (C=O) groups excluding carboxylic acids is 2. The number of carbonyl (C=O) groups is 2. The molecule has 2 amide bonds. The number of amides is 2. The number of nitrogens with zero attached hydrogens (tertiary/aromatic N) is 1. The lowest BCUT2D eigenvalue weighted by atomic mass is 9.82. The van der Waals surface area contributed by atoms with Crippen LogP contribution in [0, 0.1) is 5.92 Å². The Labute approximate surface area is 126 Å². The Morgan fingerprint density at radius 3 is 2.48 bits per heavy atom. The molecule has 1 atom stereocenters. The summed E-state index contributed by atoms with van der Waals surface area (Å²) in [4.78, 5) is 25.8. The van der Waals surface area contributed by atoms with Gasteiger partial charge in [-0.1, -0.05) is 19.3 Å². The molecule has 7 heteroatoms. The van der Waals surface area contributed by atoms with Crippen molar-refractivity contribution < 1.29 is 18.0 Å². The van der Waals surface area contributed by atoms with Crippen molar-refractivity contribution in [2.75, 3.05) is 25.1 Å². The molecule has 0 aromatic carbocycles. The Morgan fingerprint density at radius 1 is 1.19 bits per heavy atom. The zero-order valence-corrected chi connectivity index (χ0v) is 13.3. The van der Waals surface area contributed by atoms with Crippen molar-refractivity contribution in [1.82, 2.24) is 10.2 Å². The summed E-state index contributed by atoms with van der Waals surface area (Å²) in [5.41, 5.74) is 0. The van der Waals surface area contributed by atoms with E-state index in [0.29, 0.717) is 13.0 Å². The number of piperazine rings is 1. The van der Waals surface area contributed by atoms with Crippen LogP contribution in [0.5, 0.6) is 0 Å². The number of rotatable bonds is 5. The van der Waals surface area contributed by atoms with Gasteiger partial charge in [0.15, 0.2) is 0 Å². The third kappa shape index (κ3) is 4.69. The van der Waals surface area contributed by atoms with Crippen molar-refractivity contribution in [3.63, 3.8) is 0 Å². The Balaban J connectivity index is 1.95. The summed E-state index contributed by atoms with van der Waals surface area (Å²) >= 11 is 0. The molecule has 1 aliphatic carbocycles. The molecule has 1 aliphatic heterocycles. The van der Waals surface area contributed by atoms with Crippen LogP contribution in [-0.2, 0) is 19.4 Å². The van der Waals surface area contributed by atoms with Crippen LogP contribution in [0.3, 0.4) is 0 Å². The van der Waals surface area contributed by atoms with Crippen molar-refractivity contribution in [3.8, 4) is 0 Å². The summed E-state index contributed by atoms with van der Waals surface area (Å²) in [7, 11) is -3.03. The standard InChI is InChI=1S/C14H24N2O4S/c1-21(19,20)9-5-8-16-10-12(17)15-13(14(16)18)11-6-3-2-4-7-11/h11,13H,2-10H2,1H3,(H,15,17). The maximum Gasteiger partial charge on any atom is 0.245 e. The molecule has 2 aliphatic rings. The topological polar surface area (TPSA) is 83.6 Å². The lowest BCUT2D eigenvalue weighted by Gasteiger charge is -2.37. The molecule has 2 rings (SSSR count). The molecule has 120 valence electrons. The maximum atomic E-state index is 12.5. The molecule has 6 nitrogen and oxygen atoms in total. The van der Waals surface area contributed by atoms with E-state index in [1.807, 2.05) is 0 Å². The summed E-state index contributed by atoms with van der Waals surface area (Å²) in [5, 5.41) is 2.82. The Kier molecular flexibility index (Phi) is 5.24. The van der Waals surface area contributed by atoms with Gasteiger partial charge in [0.1, 0.15) is 15.9 Å². The fraction of sp³-hybridized carbons (Fsp3) is 0.857. The Bertz CT molecular complexity index is 497. The van der Waals surface area contributed by atoms with Crippen LogP contribution in [0.25, 0.3) is 0 Å². The molecule has 0 bridgehead atoms. The second-order valence-electron chi connectivity index (χ2n) is 6.19. The molecular weight excluding hydrogens is 292 g/mol.